The molecule has 4 aromatic rings. The van der Waals surface area contributed by atoms with E-state index in [1.54, 1.807) is 19.9 Å². The van der Waals surface area contributed by atoms with Gasteiger partial charge in [0.2, 0.25) is 5.95 Å². The average molecular weight is 347 g/mol. The van der Waals surface area contributed by atoms with Gasteiger partial charge in [0.25, 0.3) is 0 Å². The summed E-state index contributed by atoms with van der Waals surface area (Å²) in [5, 5.41) is 10.6. The van der Waals surface area contributed by atoms with Gasteiger partial charge in [0.15, 0.2) is 0 Å². The highest BCUT2D eigenvalue weighted by molar-refractivity contribution is 5.83. The Kier molecular flexibility index (Phi) is 3.81. The van der Waals surface area contributed by atoms with Crippen LogP contribution in [0.2, 0.25) is 0 Å². The fourth-order valence-electron chi connectivity index (χ4n) is 3.11. The van der Waals surface area contributed by atoms with Crippen LogP contribution in [0.3, 0.4) is 0 Å². The van der Waals surface area contributed by atoms with Crippen LogP contribution >= 0.6 is 0 Å². The molecule has 2 heterocycles. The molecule has 1 N–H and O–H groups in total. The Hall–Kier alpha value is -3.05. The summed E-state index contributed by atoms with van der Waals surface area (Å²) in [4.78, 5) is 8.74. The Morgan fingerprint density at radius 3 is 2.31 bits per heavy atom. The first kappa shape index (κ1) is 16.4. The molecule has 4 nitrogen and oxygen atoms in total. The van der Waals surface area contributed by atoms with Crippen LogP contribution in [-0.2, 0) is 5.60 Å². The molecule has 0 unspecified atom stereocenters. The summed E-state index contributed by atoms with van der Waals surface area (Å²) in [6.45, 7) is 3.19. The van der Waals surface area contributed by atoms with Gasteiger partial charge in [0.1, 0.15) is 11.4 Å². The van der Waals surface area contributed by atoms with Crippen LogP contribution < -0.4 is 0 Å². The van der Waals surface area contributed by atoms with Crippen molar-refractivity contribution in [2.45, 2.75) is 19.4 Å². The van der Waals surface area contributed by atoms with Crippen molar-refractivity contribution in [3.05, 3.63) is 78.4 Å². The number of fused-ring (bicyclic) bond motifs is 1. The van der Waals surface area contributed by atoms with Crippen molar-refractivity contribution in [1.82, 2.24) is 14.5 Å². The maximum Gasteiger partial charge on any atom is 0.213 e. The van der Waals surface area contributed by atoms with Crippen molar-refractivity contribution in [2.24, 2.45) is 0 Å². The first-order valence-corrected chi connectivity index (χ1v) is 8.38. The van der Waals surface area contributed by atoms with E-state index in [0.717, 1.165) is 16.6 Å². The predicted molar refractivity (Wildman–Crippen MR) is 99.5 cm³/mol. The van der Waals surface area contributed by atoms with Crippen molar-refractivity contribution in [2.75, 3.05) is 0 Å². The number of aliphatic hydroxyl groups is 1. The second-order valence-electron chi connectivity index (χ2n) is 6.69. The smallest absolute Gasteiger partial charge is 0.213 e. The van der Waals surface area contributed by atoms with E-state index >= 15 is 0 Å². The minimum absolute atomic E-state index is 0.262. The van der Waals surface area contributed by atoms with E-state index in [1.807, 2.05) is 59.2 Å². The fourth-order valence-corrected chi connectivity index (χ4v) is 3.11. The number of aromatic nitrogens is 3. The summed E-state index contributed by atoms with van der Waals surface area (Å²) in [5.41, 5.74) is 2.16. The van der Waals surface area contributed by atoms with Crippen molar-refractivity contribution in [1.29, 1.82) is 0 Å². The van der Waals surface area contributed by atoms with Gasteiger partial charge < -0.3 is 5.11 Å². The first-order valence-electron chi connectivity index (χ1n) is 8.38. The molecule has 0 amide bonds. The molecule has 0 saturated carbocycles. The van der Waals surface area contributed by atoms with E-state index < -0.39 is 11.5 Å². The molecule has 0 aliphatic rings. The predicted octanol–water partition coefficient (Wildman–Crippen LogP) is 4.45. The van der Waals surface area contributed by atoms with Crippen LogP contribution in [0.5, 0.6) is 0 Å². The van der Waals surface area contributed by atoms with Gasteiger partial charge in [-0.25, -0.2) is 9.97 Å². The van der Waals surface area contributed by atoms with Crippen LogP contribution in [0.15, 0.2) is 66.7 Å². The Bertz CT molecular complexity index is 1080. The molecular formula is C21H18FN3O. The maximum atomic E-state index is 13.8. The van der Waals surface area contributed by atoms with Gasteiger partial charge in [-0.2, -0.15) is 4.39 Å². The lowest BCUT2D eigenvalue weighted by Gasteiger charge is -2.22. The molecule has 0 fully saturated rings. The van der Waals surface area contributed by atoms with Gasteiger partial charge in [0, 0.05) is 5.56 Å². The number of halogens is 1. The van der Waals surface area contributed by atoms with E-state index in [-0.39, 0.29) is 5.69 Å². The topological polar surface area (TPSA) is 50.9 Å². The molecule has 2 aromatic carbocycles. The third-order valence-corrected chi connectivity index (χ3v) is 4.25. The van der Waals surface area contributed by atoms with E-state index in [1.165, 1.54) is 6.07 Å². The molecule has 0 radical (unpaired) electrons. The molecule has 0 saturated heterocycles. The molecule has 4 rings (SSSR count). The number of hydrogen-bond donors (Lipinski definition) is 1. The number of imidazole rings is 1. The zero-order valence-electron chi connectivity index (χ0n) is 14.5. The maximum absolute atomic E-state index is 13.8. The van der Waals surface area contributed by atoms with E-state index in [2.05, 4.69) is 4.98 Å². The van der Waals surface area contributed by atoms with E-state index in [9.17, 15) is 9.50 Å². The number of para-hydroxylation sites is 2. The van der Waals surface area contributed by atoms with E-state index in [4.69, 9.17) is 4.98 Å². The highest BCUT2D eigenvalue weighted by atomic mass is 19.1. The lowest BCUT2D eigenvalue weighted by Crippen LogP contribution is -2.21. The van der Waals surface area contributed by atoms with Gasteiger partial charge in [-0.05, 0) is 38.1 Å². The molecule has 26 heavy (non-hydrogen) atoms. The summed E-state index contributed by atoms with van der Waals surface area (Å²) >= 11 is 0. The van der Waals surface area contributed by atoms with Crippen LogP contribution in [0.1, 0.15) is 19.5 Å². The minimum atomic E-state index is -1.31. The van der Waals surface area contributed by atoms with Crippen molar-refractivity contribution in [3.8, 4) is 17.1 Å². The fraction of sp³-hybridized carbons (Fsp3) is 0.143. The summed E-state index contributed by atoms with van der Waals surface area (Å²) in [5.74, 6) is 0.0854. The SMILES string of the molecule is CC(C)(O)c1nc(F)ccc1-n1c(-c2ccccc2)nc2ccccc21. The van der Waals surface area contributed by atoms with Crippen LogP contribution in [-0.4, -0.2) is 19.6 Å². The number of rotatable bonds is 3. The highest BCUT2D eigenvalue weighted by Gasteiger charge is 2.26. The molecule has 5 heteroatoms. The standard InChI is InChI=1S/C21H18FN3O/c1-21(2,26)19-17(12-13-18(22)24-19)25-16-11-7-6-10-15(16)23-20(25)14-8-4-3-5-9-14/h3-13,26H,1-2H3. The van der Waals surface area contributed by atoms with Crippen LogP contribution in [0.25, 0.3) is 28.1 Å². The van der Waals surface area contributed by atoms with Crippen molar-refractivity contribution in [3.63, 3.8) is 0 Å². The first-order chi connectivity index (χ1) is 12.4. The lowest BCUT2D eigenvalue weighted by molar-refractivity contribution is 0.0729. The summed E-state index contributed by atoms with van der Waals surface area (Å²) < 4.78 is 15.7. The molecule has 0 aliphatic carbocycles. The van der Waals surface area contributed by atoms with Crippen molar-refractivity contribution >= 4 is 11.0 Å². The Morgan fingerprint density at radius 2 is 1.58 bits per heavy atom. The molecular weight excluding hydrogens is 329 g/mol. The van der Waals surface area contributed by atoms with Crippen LogP contribution in [0.4, 0.5) is 4.39 Å². The van der Waals surface area contributed by atoms with Crippen LogP contribution in [0, 0.1) is 5.95 Å². The molecule has 0 aliphatic heterocycles. The quantitative estimate of drug-likeness (QED) is 0.557. The zero-order valence-corrected chi connectivity index (χ0v) is 14.5. The highest BCUT2D eigenvalue weighted by Crippen LogP contribution is 2.33. The molecule has 0 atom stereocenters. The van der Waals surface area contributed by atoms with Gasteiger partial charge in [-0.3, -0.25) is 4.57 Å². The normalized spacial score (nSPS) is 11.8. The second kappa shape index (κ2) is 6.04. The molecule has 0 bridgehead atoms. The minimum Gasteiger partial charge on any atom is -0.384 e. The Morgan fingerprint density at radius 1 is 0.885 bits per heavy atom. The third kappa shape index (κ3) is 2.76. The Labute approximate surface area is 150 Å². The number of hydrogen-bond acceptors (Lipinski definition) is 3. The van der Waals surface area contributed by atoms with Gasteiger partial charge in [-0.1, -0.05) is 42.5 Å². The number of pyridine rings is 1. The zero-order chi connectivity index (χ0) is 18.3. The molecule has 130 valence electrons. The average Bonchev–Trinajstić information content (AvgIpc) is 3.01. The third-order valence-electron chi connectivity index (χ3n) is 4.25. The van der Waals surface area contributed by atoms with Gasteiger partial charge in [-0.15, -0.1) is 0 Å². The van der Waals surface area contributed by atoms with Crippen molar-refractivity contribution < 1.29 is 9.50 Å². The molecule has 2 aromatic heterocycles. The Balaban J connectivity index is 2.10. The largest absolute Gasteiger partial charge is 0.384 e. The summed E-state index contributed by atoms with van der Waals surface area (Å²) in [6, 6.07) is 20.4. The van der Waals surface area contributed by atoms with Gasteiger partial charge >= 0.3 is 0 Å². The molecule has 0 spiro atoms. The lowest BCUT2D eigenvalue weighted by atomic mass is 10.0. The van der Waals surface area contributed by atoms with Gasteiger partial charge in [0.05, 0.1) is 22.4 Å². The second-order valence-corrected chi connectivity index (χ2v) is 6.69. The number of benzene rings is 2. The summed E-state index contributed by atoms with van der Waals surface area (Å²) in [6.07, 6.45) is 0. The summed E-state index contributed by atoms with van der Waals surface area (Å²) in [7, 11) is 0. The van der Waals surface area contributed by atoms with E-state index in [0.29, 0.717) is 11.5 Å². The monoisotopic (exact) mass is 347 g/mol. The number of nitrogens with zero attached hydrogens (tertiary/aromatic N) is 3.